The van der Waals surface area contributed by atoms with E-state index in [0.717, 1.165) is 24.3 Å². The Morgan fingerprint density at radius 2 is 1.55 bits per heavy atom. The van der Waals surface area contributed by atoms with Gasteiger partial charge in [-0.1, -0.05) is 30.3 Å². The van der Waals surface area contributed by atoms with Crippen molar-refractivity contribution in [3.05, 3.63) is 56.1 Å². The molecular weight excluding hydrogens is 297 g/mol. The first kappa shape index (κ1) is 16.1. The molecule has 1 rings (SSSR count). The predicted molar refractivity (Wildman–Crippen MR) is 63.3 cm³/mol. The van der Waals surface area contributed by atoms with Crippen LogP contribution >= 0.6 is 7.60 Å². The molecule has 12 heteroatoms. The van der Waals surface area contributed by atoms with Gasteiger partial charge in [0.15, 0.2) is 0 Å². The summed E-state index contributed by atoms with van der Waals surface area (Å²) in [4.78, 5) is 37.1. The SMILES string of the molecule is NC(O)([N+](=O)[O-])C(c1ccccc1)([N+](=O)[O-])P(=O)(O)O. The van der Waals surface area contributed by atoms with Gasteiger partial charge in [-0.05, 0) is 0 Å². The molecule has 0 aromatic heterocycles. The summed E-state index contributed by atoms with van der Waals surface area (Å²) in [5, 5.41) is 27.7. The number of hydrogen-bond acceptors (Lipinski definition) is 7. The fraction of sp³-hybridized carbons (Fsp3) is 0.250. The molecule has 2 unspecified atom stereocenters. The maximum Gasteiger partial charge on any atom is 0.469 e. The number of aliphatic hydroxyl groups is 1. The van der Waals surface area contributed by atoms with Crippen LogP contribution < -0.4 is 5.73 Å². The second kappa shape index (κ2) is 4.89. The number of benzene rings is 1. The van der Waals surface area contributed by atoms with Gasteiger partial charge in [0.2, 0.25) is 0 Å². The minimum Gasteiger partial charge on any atom is -0.319 e. The maximum absolute atomic E-state index is 11.6. The first-order chi connectivity index (χ1) is 8.99. The van der Waals surface area contributed by atoms with Crippen molar-refractivity contribution >= 4 is 7.60 Å². The fourth-order valence-electron chi connectivity index (χ4n) is 1.74. The third kappa shape index (κ3) is 2.07. The van der Waals surface area contributed by atoms with Crippen LogP contribution in [-0.2, 0) is 9.85 Å². The standard InChI is InChI=1S/C8H10N3O8P/c9-8(12,11(15)16)7(10(13)14,20(17,18)19)6-4-2-1-3-5-6/h1-5,12H,9H2,(H2,17,18,19). The van der Waals surface area contributed by atoms with Crippen molar-refractivity contribution in [1.82, 2.24) is 0 Å². The first-order valence-corrected chi connectivity index (χ1v) is 6.52. The average molecular weight is 307 g/mol. The Morgan fingerprint density at radius 3 is 1.85 bits per heavy atom. The zero-order chi connectivity index (χ0) is 15.8. The zero-order valence-corrected chi connectivity index (χ0v) is 10.6. The molecule has 110 valence electrons. The Labute approximate surface area is 111 Å². The lowest BCUT2D eigenvalue weighted by molar-refractivity contribution is -0.714. The van der Waals surface area contributed by atoms with Gasteiger partial charge in [-0.15, -0.1) is 0 Å². The fourth-order valence-corrected chi connectivity index (χ4v) is 2.95. The molecule has 1 aromatic carbocycles. The van der Waals surface area contributed by atoms with Crippen molar-refractivity contribution in [2.75, 3.05) is 0 Å². The van der Waals surface area contributed by atoms with Crippen LogP contribution in [0, 0.1) is 20.2 Å². The monoisotopic (exact) mass is 307 g/mol. The van der Waals surface area contributed by atoms with Gasteiger partial charge < -0.3 is 14.9 Å². The molecule has 0 radical (unpaired) electrons. The van der Waals surface area contributed by atoms with E-state index in [0.29, 0.717) is 0 Å². The number of nitro groups is 2. The van der Waals surface area contributed by atoms with Crippen LogP contribution in [0.5, 0.6) is 0 Å². The van der Waals surface area contributed by atoms with Crippen molar-refractivity contribution in [3.8, 4) is 0 Å². The molecule has 2 atom stereocenters. The molecule has 0 heterocycles. The number of nitrogens with two attached hydrogens (primary N) is 1. The highest BCUT2D eigenvalue weighted by molar-refractivity contribution is 7.53. The largest absolute Gasteiger partial charge is 0.469 e. The van der Waals surface area contributed by atoms with Crippen molar-refractivity contribution in [3.63, 3.8) is 0 Å². The molecule has 0 spiro atoms. The van der Waals surface area contributed by atoms with Crippen LogP contribution in [0.4, 0.5) is 0 Å². The van der Waals surface area contributed by atoms with Gasteiger partial charge in [0.1, 0.15) is 0 Å². The Bertz CT molecular complexity index is 585. The van der Waals surface area contributed by atoms with Crippen molar-refractivity contribution in [2.45, 2.75) is 11.1 Å². The molecule has 0 saturated heterocycles. The van der Waals surface area contributed by atoms with Crippen LogP contribution in [0.2, 0.25) is 0 Å². The molecular formula is C8H10N3O8P. The summed E-state index contributed by atoms with van der Waals surface area (Å²) in [6, 6.07) is 5.36. The van der Waals surface area contributed by atoms with Gasteiger partial charge in [0.05, 0.1) is 15.4 Å². The van der Waals surface area contributed by atoms with Gasteiger partial charge in [0.25, 0.3) is 0 Å². The molecule has 0 saturated carbocycles. The minimum atomic E-state index is -5.88. The molecule has 5 N–H and O–H groups in total. The van der Waals surface area contributed by atoms with Crippen LogP contribution in [0.15, 0.2) is 30.3 Å². The van der Waals surface area contributed by atoms with Crippen LogP contribution in [-0.4, -0.2) is 30.6 Å². The van der Waals surface area contributed by atoms with Gasteiger partial charge in [-0.2, -0.15) is 0 Å². The highest BCUT2D eigenvalue weighted by atomic mass is 31.2. The third-order valence-electron chi connectivity index (χ3n) is 2.65. The summed E-state index contributed by atoms with van der Waals surface area (Å²) in [6.07, 6.45) is 0. The molecule has 1 aromatic rings. The highest BCUT2D eigenvalue weighted by Gasteiger charge is 2.80. The average Bonchev–Trinajstić information content (AvgIpc) is 2.27. The molecule has 0 aliphatic rings. The van der Waals surface area contributed by atoms with E-state index < -0.39 is 34.1 Å². The Morgan fingerprint density at radius 1 is 1.10 bits per heavy atom. The summed E-state index contributed by atoms with van der Waals surface area (Å²) in [6.45, 7) is 0. The first-order valence-electron chi connectivity index (χ1n) is 4.91. The van der Waals surface area contributed by atoms with E-state index in [9.17, 15) is 39.7 Å². The smallest absolute Gasteiger partial charge is 0.319 e. The normalized spacial score (nSPS) is 17.8. The van der Waals surface area contributed by atoms with E-state index >= 15 is 0 Å². The second-order valence-electron chi connectivity index (χ2n) is 3.82. The van der Waals surface area contributed by atoms with Crippen molar-refractivity contribution in [2.24, 2.45) is 5.73 Å². The lowest BCUT2D eigenvalue weighted by Gasteiger charge is -2.30. The molecule has 0 fully saturated rings. The number of rotatable bonds is 5. The van der Waals surface area contributed by atoms with E-state index in [1.54, 1.807) is 0 Å². The lowest BCUT2D eigenvalue weighted by Crippen LogP contribution is -2.66. The van der Waals surface area contributed by atoms with E-state index in [4.69, 9.17) is 5.73 Å². The van der Waals surface area contributed by atoms with Gasteiger partial charge in [0, 0.05) is 0 Å². The van der Waals surface area contributed by atoms with E-state index in [1.807, 2.05) is 0 Å². The molecule has 11 nitrogen and oxygen atoms in total. The molecule has 0 aliphatic carbocycles. The summed E-state index contributed by atoms with van der Waals surface area (Å²) in [7, 11) is -5.88. The predicted octanol–water partition coefficient (Wildman–Crippen LogP) is -0.825. The van der Waals surface area contributed by atoms with Crippen molar-refractivity contribution in [1.29, 1.82) is 0 Å². The molecule has 20 heavy (non-hydrogen) atoms. The van der Waals surface area contributed by atoms with Crippen LogP contribution in [0.1, 0.15) is 5.56 Å². The molecule has 0 bridgehead atoms. The van der Waals surface area contributed by atoms with Crippen LogP contribution in [0.25, 0.3) is 0 Å². The summed E-state index contributed by atoms with van der Waals surface area (Å²) >= 11 is 0. The van der Waals surface area contributed by atoms with Gasteiger partial charge >= 0.3 is 18.7 Å². The maximum atomic E-state index is 11.6. The third-order valence-corrected chi connectivity index (χ3v) is 4.25. The minimum absolute atomic E-state index is 0.792. The van der Waals surface area contributed by atoms with E-state index in [1.165, 1.54) is 6.07 Å². The molecule has 0 amide bonds. The number of hydrogen-bond donors (Lipinski definition) is 4. The van der Waals surface area contributed by atoms with Gasteiger partial charge in [-0.25, -0.2) is 5.73 Å². The van der Waals surface area contributed by atoms with Crippen LogP contribution in [0.3, 0.4) is 0 Å². The summed E-state index contributed by atoms with van der Waals surface area (Å²) in [5.74, 6) is -4.02. The molecule has 0 aliphatic heterocycles. The van der Waals surface area contributed by atoms with E-state index in [2.05, 4.69) is 0 Å². The Balaban J connectivity index is 3.87. The topological polar surface area (TPSA) is 190 Å². The Kier molecular flexibility index (Phi) is 3.94. The number of nitrogens with zero attached hydrogens (tertiary/aromatic N) is 2. The lowest BCUT2D eigenvalue weighted by atomic mass is 10.0. The zero-order valence-electron chi connectivity index (χ0n) is 9.69. The van der Waals surface area contributed by atoms with Crippen molar-refractivity contribution < 1.29 is 29.3 Å². The summed E-state index contributed by atoms with van der Waals surface area (Å²) < 4.78 is 11.6. The van der Waals surface area contributed by atoms with E-state index in [-0.39, 0.29) is 0 Å². The van der Waals surface area contributed by atoms with Gasteiger partial charge in [-0.3, -0.25) is 24.8 Å². The second-order valence-corrected chi connectivity index (χ2v) is 5.56. The summed E-state index contributed by atoms with van der Waals surface area (Å²) in [5.41, 5.74) is 4.09. The quantitative estimate of drug-likeness (QED) is 0.233. The highest BCUT2D eigenvalue weighted by Crippen LogP contribution is 2.61. The Hall–Kier alpha value is -1.91.